The summed E-state index contributed by atoms with van der Waals surface area (Å²) in [7, 11) is 4.74. The molecule has 0 unspecified atom stereocenters. The van der Waals surface area contributed by atoms with Crippen LogP contribution in [0.15, 0.2) is 59.0 Å². The van der Waals surface area contributed by atoms with Crippen molar-refractivity contribution in [2.75, 3.05) is 47.6 Å². The minimum absolute atomic E-state index is 0.133. The Labute approximate surface area is 222 Å². The molecule has 1 heterocycles. The molecule has 1 aromatic heterocycles. The van der Waals surface area contributed by atoms with Crippen LogP contribution in [0.3, 0.4) is 0 Å². The van der Waals surface area contributed by atoms with Gasteiger partial charge < -0.3 is 28.4 Å². The van der Waals surface area contributed by atoms with Crippen LogP contribution in [-0.4, -0.2) is 69.2 Å². The fourth-order valence-electron chi connectivity index (χ4n) is 4.04. The highest BCUT2D eigenvalue weighted by molar-refractivity contribution is 5.96. The van der Waals surface area contributed by atoms with Gasteiger partial charge in [-0.3, -0.25) is 9.59 Å². The van der Waals surface area contributed by atoms with E-state index < -0.39 is 5.82 Å². The number of benzene rings is 2. The van der Waals surface area contributed by atoms with E-state index in [1.54, 1.807) is 26.2 Å². The van der Waals surface area contributed by atoms with Crippen molar-refractivity contribution in [1.82, 2.24) is 9.80 Å². The fraction of sp³-hybridized carbons (Fsp3) is 0.379. The molecule has 8 nitrogen and oxygen atoms in total. The monoisotopic (exact) mass is 526 g/mol. The maximum atomic E-state index is 13.6. The Balaban J connectivity index is 1.79. The summed E-state index contributed by atoms with van der Waals surface area (Å²) in [6.45, 7) is 3.13. The summed E-state index contributed by atoms with van der Waals surface area (Å²) < 4.78 is 35.0. The zero-order valence-electron chi connectivity index (χ0n) is 22.4. The molecular formula is C29H35FN2O6. The van der Waals surface area contributed by atoms with E-state index in [2.05, 4.69) is 0 Å². The molecule has 9 heteroatoms. The molecular weight excluding hydrogens is 491 g/mol. The average Bonchev–Trinajstić information content (AvgIpc) is 3.34. The second-order valence-corrected chi connectivity index (χ2v) is 8.85. The second-order valence-electron chi connectivity index (χ2n) is 8.85. The maximum Gasteiger partial charge on any atom is 0.254 e. The summed E-state index contributed by atoms with van der Waals surface area (Å²) in [6.07, 6.45) is 1.11. The molecule has 0 aliphatic heterocycles. The van der Waals surface area contributed by atoms with Crippen molar-refractivity contribution in [3.8, 4) is 11.5 Å². The number of aryl methyl sites for hydroxylation is 1. The number of hydrogen-bond donors (Lipinski definition) is 0. The van der Waals surface area contributed by atoms with Gasteiger partial charge in [-0.05, 0) is 73.9 Å². The van der Waals surface area contributed by atoms with Crippen LogP contribution in [0.25, 0.3) is 0 Å². The first kappa shape index (κ1) is 28.7. The number of furan rings is 1. The summed E-state index contributed by atoms with van der Waals surface area (Å²) in [6, 6.07) is 14.6. The van der Waals surface area contributed by atoms with Gasteiger partial charge in [-0.1, -0.05) is 6.07 Å². The SMILES string of the molecule is COCCCN(CC(=O)N(CCc1ccc(OC)c(OC)c1)Cc1ccc(C)o1)C(=O)c1ccc(F)cc1. The van der Waals surface area contributed by atoms with E-state index in [0.717, 1.165) is 11.3 Å². The third-order valence-corrected chi connectivity index (χ3v) is 6.09. The van der Waals surface area contributed by atoms with Gasteiger partial charge in [-0.25, -0.2) is 4.39 Å². The van der Waals surface area contributed by atoms with E-state index in [4.69, 9.17) is 18.6 Å². The van der Waals surface area contributed by atoms with Crippen molar-refractivity contribution < 1.29 is 32.6 Å². The van der Waals surface area contributed by atoms with Crippen LogP contribution >= 0.6 is 0 Å². The lowest BCUT2D eigenvalue weighted by atomic mass is 10.1. The molecule has 0 saturated heterocycles. The molecule has 204 valence electrons. The standard InChI is InChI=1S/C29H35FN2O6/c1-21-6-12-25(38-21)19-31(16-14-22-7-13-26(36-3)27(18-22)37-4)28(33)20-32(15-5-17-35-2)29(34)23-8-10-24(30)11-9-23/h6-13,18H,5,14-17,19-20H2,1-4H3. The largest absolute Gasteiger partial charge is 0.493 e. The first-order valence-corrected chi connectivity index (χ1v) is 12.4. The molecule has 38 heavy (non-hydrogen) atoms. The Hall–Kier alpha value is -3.85. The van der Waals surface area contributed by atoms with Gasteiger partial charge in [0.2, 0.25) is 5.91 Å². The third kappa shape index (κ3) is 8.08. The number of rotatable bonds is 14. The number of halogens is 1. The summed E-state index contributed by atoms with van der Waals surface area (Å²) in [5.74, 6) is 1.63. The van der Waals surface area contributed by atoms with E-state index >= 15 is 0 Å². The molecule has 3 rings (SSSR count). The van der Waals surface area contributed by atoms with Crippen molar-refractivity contribution in [3.05, 3.63) is 83.1 Å². The summed E-state index contributed by atoms with van der Waals surface area (Å²) in [5, 5.41) is 0. The molecule has 2 amide bonds. The lowest BCUT2D eigenvalue weighted by Gasteiger charge is -2.27. The van der Waals surface area contributed by atoms with Crippen LogP contribution < -0.4 is 9.47 Å². The normalized spacial score (nSPS) is 10.8. The smallest absolute Gasteiger partial charge is 0.254 e. The van der Waals surface area contributed by atoms with Gasteiger partial charge in [0.15, 0.2) is 11.5 Å². The summed E-state index contributed by atoms with van der Waals surface area (Å²) in [4.78, 5) is 30.0. The van der Waals surface area contributed by atoms with E-state index in [9.17, 15) is 14.0 Å². The molecule has 0 atom stereocenters. The van der Waals surface area contributed by atoms with Crippen LogP contribution in [0.1, 0.15) is 33.9 Å². The maximum absolute atomic E-state index is 13.6. The van der Waals surface area contributed by atoms with Crippen LogP contribution in [0, 0.1) is 12.7 Å². The predicted molar refractivity (Wildman–Crippen MR) is 141 cm³/mol. The number of methoxy groups -OCH3 is 3. The molecule has 0 saturated carbocycles. The number of carbonyl (C=O) groups excluding carboxylic acids is 2. The van der Waals surface area contributed by atoms with Crippen molar-refractivity contribution in [2.24, 2.45) is 0 Å². The topological polar surface area (TPSA) is 81.5 Å². The number of carbonyl (C=O) groups is 2. The van der Waals surface area contributed by atoms with Crippen molar-refractivity contribution in [1.29, 1.82) is 0 Å². The van der Waals surface area contributed by atoms with Gasteiger partial charge >= 0.3 is 0 Å². The van der Waals surface area contributed by atoms with E-state index in [0.29, 0.717) is 55.4 Å². The van der Waals surface area contributed by atoms with Crippen molar-refractivity contribution in [3.63, 3.8) is 0 Å². The van der Waals surface area contributed by atoms with Gasteiger partial charge in [0, 0.05) is 32.4 Å². The molecule has 0 N–H and O–H groups in total. The third-order valence-electron chi connectivity index (χ3n) is 6.09. The van der Waals surface area contributed by atoms with E-state index in [1.807, 2.05) is 37.3 Å². The molecule has 0 radical (unpaired) electrons. The van der Waals surface area contributed by atoms with Gasteiger partial charge in [0.05, 0.1) is 20.8 Å². The molecule has 0 spiro atoms. The van der Waals surface area contributed by atoms with E-state index in [-0.39, 0.29) is 24.9 Å². The first-order valence-electron chi connectivity index (χ1n) is 12.4. The van der Waals surface area contributed by atoms with Crippen molar-refractivity contribution in [2.45, 2.75) is 26.3 Å². The lowest BCUT2D eigenvalue weighted by molar-refractivity contribution is -0.132. The van der Waals surface area contributed by atoms with Gasteiger partial charge in [-0.15, -0.1) is 0 Å². The number of nitrogens with zero attached hydrogens (tertiary/aromatic N) is 2. The summed E-state index contributed by atoms with van der Waals surface area (Å²) >= 11 is 0. The van der Waals surface area contributed by atoms with Gasteiger partial charge in [0.1, 0.15) is 23.9 Å². The zero-order valence-corrected chi connectivity index (χ0v) is 22.4. The number of ether oxygens (including phenoxy) is 3. The number of hydrogen-bond acceptors (Lipinski definition) is 6. The predicted octanol–water partition coefficient (Wildman–Crippen LogP) is 4.49. The second kappa shape index (κ2) is 14.2. The van der Waals surface area contributed by atoms with Crippen LogP contribution in [0.4, 0.5) is 4.39 Å². The van der Waals surface area contributed by atoms with E-state index in [1.165, 1.54) is 29.2 Å². The molecule has 3 aromatic rings. The fourth-order valence-corrected chi connectivity index (χ4v) is 4.04. The van der Waals surface area contributed by atoms with Gasteiger partial charge in [-0.2, -0.15) is 0 Å². The highest BCUT2D eigenvalue weighted by atomic mass is 19.1. The molecule has 0 bridgehead atoms. The first-order chi connectivity index (χ1) is 18.3. The lowest BCUT2D eigenvalue weighted by Crippen LogP contribution is -2.44. The Morgan fingerprint density at radius 3 is 2.26 bits per heavy atom. The summed E-state index contributed by atoms with van der Waals surface area (Å²) in [5.41, 5.74) is 1.28. The Morgan fingerprint density at radius 2 is 1.63 bits per heavy atom. The quantitative estimate of drug-likeness (QED) is 0.288. The average molecular weight is 527 g/mol. The Morgan fingerprint density at radius 1 is 0.895 bits per heavy atom. The minimum Gasteiger partial charge on any atom is -0.493 e. The van der Waals surface area contributed by atoms with Crippen LogP contribution in [-0.2, 0) is 22.5 Å². The molecule has 0 fully saturated rings. The Kier molecular flexibility index (Phi) is 10.7. The molecule has 2 aromatic carbocycles. The van der Waals surface area contributed by atoms with Crippen LogP contribution in [0.2, 0.25) is 0 Å². The highest BCUT2D eigenvalue weighted by Crippen LogP contribution is 2.28. The van der Waals surface area contributed by atoms with Gasteiger partial charge in [0.25, 0.3) is 5.91 Å². The zero-order chi connectivity index (χ0) is 27.5. The minimum atomic E-state index is -0.432. The van der Waals surface area contributed by atoms with Crippen LogP contribution in [0.5, 0.6) is 11.5 Å². The molecule has 0 aliphatic carbocycles. The molecule has 0 aliphatic rings. The Bertz CT molecular complexity index is 1190. The number of amides is 2. The highest BCUT2D eigenvalue weighted by Gasteiger charge is 2.23. The van der Waals surface area contributed by atoms with Crippen molar-refractivity contribution >= 4 is 11.8 Å².